The summed E-state index contributed by atoms with van der Waals surface area (Å²) in [5.74, 6) is 0.219. The molecule has 1 aromatic rings. The van der Waals surface area contributed by atoms with Gasteiger partial charge in [-0.1, -0.05) is 6.92 Å². The SMILES string of the molecule is CC(=O)CC(C)Sc1ncccc1Br. The van der Waals surface area contributed by atoms with E-state index in [2.05, 4.69) is 20.9 Å². The Morgan fingerprint density at radius 3 is 3.00 bits per heavy atom. The number of aromatic nitrogens is 1. The zero-order chi connectivity index (χ0) is 10.6. The Labute approximate surface area is 96.6 Å². The molecular formula is C10H12BrNOS. The highest BCUT2D eigenvalue weighted by Gasteiger charge is 2.09. The Bertz CT molecular complexity index is 330. The number of rotatable bonds is 4. The number of nitrogens with zero attached hydrogens (tertiary/aromatic N) is 1. The van der Waals surface area contributed by atoms with Gasteiger partial charge in [0, 0.05) is 22.3 Å². The third-order valence-electron chi connectivity index (χ3n) is 1.61. The van der Waals surface area contributed by atoms with Gasteiger partial charge in [-0.3, -0.25) is 4.79 Å². The van der Waals surface area contributed by atoms with Gasteiger partial charge < -0.3 is 0 Å². The van der Waals surface area contributed by atoms with Crippen molar-refractivity contribution in [3.8, 4) is 0 Å². The number of thioether (sulfide) groups is 1. The molecule has 2 nitrogen and oxygen atoms in total. The van der Waals surface area contributed by atoms with Gasteiger partial charge in [0.1, 0.15) is 10.8 Å². The first-order chi connectivity index (χ1) is 6.59. The van der Waals surface area contributed by atoms with Gasteiger partial charge in [0.05, 0.1) is 0 Å². The molecular weight excluding hydrogens is 262 g/mol. The maximum Gasteiger partial charge on any atom is 0.130 e. The Hall–Kier alpha value is -0.350. The van der Waals surface area contributed by atoms with Crippen molar-refractivity contribution < 1.29 is 4.79 Å². The van der Waals surface area contributed by atoms with Crippen LogP contribution in [0.25, 0.3) is 0 Å². The molecule has 0 radical (unpaired) electrons. The number of hydrogen-bond acceptors (Lipinski definition) is 3. The standard InChI is InChI=1S/C10H12BrNOS/c1-7(13)6-8(2)14-10-9(11)4-3-5-12-10/h3-5,8H,6H2,1-2H3. The fourth-order valence-electron chi connectivity index (χ4n) is 1.09. The van der Waals surface area contributed by atoms with Crippen LogP contribution in [0.3, 0.4) is 0 Å². The Morgan fingerprint density at radius 1 is 1.71 bits per heavy atom. The highest BCUT2D eigenvalue weighted by Crippen LogP contribution is 2.29. The number of pyridine rings is 1. The smallest absolute Gasteiger partial charge is 0.130 e. The number of carbonyl (C=O) groups excluding carboxylic acids is 1. The highest BCUT2D eigenvalue weighted by atomic mass is 79.9. The molecule has 1 atom stereocenters. The molecule has 0 aliphatic carbocycles. The second kappa shape index (κ2) is 5.51. The number of Topliss-reactive ketones (excluding diaryl/α,β-unsaturated/α-hetero) is 1. The number of carbonyl (C=O) groups is 1. The molecule has 1 aromatic heterocycles. The molecule has 0 fully saturated rings. The van der Waals surface area contributed by atoms with E-state index in [1.165, 1.54) is 0 Å². The van der Waals surface area contributed by atoms with Crippen molar-refractivity contribution in [2.75, 3.05) is 0 Å². The van der Waals surface area contributed by atoms with Gasteiger partial charge in [-0.2, -0.15) is 0 Å². The number of halogens is 1. The molecule has 0 aromatic carbocycles. The molecule has 76 valence electrons. The van der Waals surface area contributed by atoms with Crippen LogP contribution >= 0.6 is 27.7 Å². The molecule has 4 heteroatoms. The molecule has 0 spiro atoms. The minimum absolute atomic E-state index is 0.219. The van der Waals surface area contributed by atoms with Gasteiger partial charge >= 0.3 is 0 Å². The van der Waals surface area contributed by atoms with E-state index in [0.29, 0.717) is 6.42 Å². The van der Waals surface area contributed by atoms with Crippen LogP contribution in [0.5, 0.6) is 0 Å². The summed E-state index contributed by atoms with van der Waals surface area (Å²) in [5, 5.41) is 1.22. The van der Waals surface area contributed by atoms with Gasteiger partial charge in [-0.15, -0.1) is 11.8 Å². The predicted octanol–water partition coefficient (Wildman–Crippen LogP) is 3.30. The molecule has 1 heterocycles. The van der Waals surface area contributed by atoms with Crippen molar-refractivity contribution >= 4 is 33.5 Å². The lowest BCUT2D eigenvalue weighted by Gasteiger charge is -2.08. The first-order valence-electron chi connectivity index (χ1n) is 4.36. The van der Waals surface area contributed by atoms with Gasteiger partial charge in [0.25, 0.3) is 0 Å². The van der Waals surface area contributed by atoms with E-state index in [4.69, 9.17) is 0 Å². The zero-order valence-electron chi connectivity index (χ0n) is 8.16. The van der Waals surface area contributed by atoms with Crippen LogP contribution < -0.4 is 0 Å². The Morgan fingerprint density at radius 2 is 2.43 bits per heavy atom. The maximum atomic E-state index is 10.9. The van der Waals surface area contributed by atoms with Gasteiger partial charge in [0.15, 0.2) is 0 Å². The zero-order valence-corrected chi connectivity index (χ0v) is 10.6. The largest absolute Gasteiger partial charge is 0.300 e. The quantitative estimate of drug-likeness (QED) is 0.789. The maximum absolute atomic E-state index is 10.9. The van der Waals surface area contributed by atoms with Crippen molar-refractivity contribution in [2.45, 2.75) is 30.5 Å². The lowest BCUT2D eigenvalue weighted by atomic mass is 10.2. The van der Waals surface area contributed by atoms with Crippen molar-refractivity contribution in [2.24, 2.45) is 0 Å². The van der Waals surface area contributed by atoms with Crippen molar-refractivity contribution in [3.63, 3.8) is 0 Å². The highest BCUT2D eigenvalue weighted by molar-refractivity contribution is 9.10. The van der Waals surface area contributed by atoms with E-state index in [-0.39, 0.29) is 11.0 Å². The van der Waals surface area contributed by atoms with Crippen molar-refractivity contribution in [1.82, 2.24) is 4.98 Å². The molecule has 0 bridgehead atoms. The van der Waals surface area contributed by atoms with Gasteiger partial charge in [0.2, 0.25) is 0 Å². The van der Waals surface area contributed by atoms with Gasteiger partial charge in [-0.05, 0) is 35.0 Å². The topological polar surface area (TPSA) is 30.0 Å². The van der Waals surface area contributed by atoms with E-state index in [1.54, 1.807) is 24.9 Å². The third kappa shape index (κ3) is 3.80. The molecule has 14 heavy (non-hydrogen) atoms. The molecule has 0 amide bonds. The van der Waals surface area contributed by atoms with E-state index in [1.807, 2.05) is 19.1 Å². The van der Waals surface area contributed by atoms with Crippen LogP contribution in [0.15, 0.2) is 27.8 Å². The predicted molar refractivity (Wildman–Crippen MR) is 62.6 cm³/mol. The monoisotopic (exact) mass is 273 g/mol. The average molecular weight is 274 g/mol. The van der Waals surface area contributed by atoms with Crippen LogP contribution in [0.2, 0.25) is 0 Å². The normalized spacial score (nSPS) is 12.5. The molecule has 0 aliphatic rings. The third-order valence-corrected chi connectivity index (χ3v) is 3.63. The summed E-state index contributed by atoms with van der Waals surface area (Å²) in [4.78, 5) is 15.1. The molecule has 0 N–H and O–H groups in total. The van der Waals surface area contributed by atoms with E-state index in [9.17, 15) is 4.79 Å². The van der Waals surface area contributed by atoms with Crippen LogP contribution in [-0.4, -0.2) is 16.0 Å². The summed E-state index contributed by atoms with van der Waals surface area (Å²) in [5.41, 5.74) is 0. The fourth-order valence-corrected chi connectivity index (χ4v) is 2.63. The van der Waals surface area contributed by atoms with Crippen molar-refractivity contribution in [1.29, 1.82) is 0 Å². The minimum Gasteiger partial charge on any atom is -0.300 e. The summed E-state index contributed by atoms with van der Waals surface area (Å²) in [7, 11) is 0. The Kier molecular flexibility index (Phi) is 4.62. The first-order valence-corrected chi connectivity index (χ1v) is 6.03. The lowest BCUT2D eigenvalue weighted by Crippen LogP contribution is -2.03. The summed E-state index contributed by atoms with van der Waals surface area (Å²) in [6.45, 7) is 3.65. The Balaban J connectivity index is 2.60. The fraction of sp³-hybridized carbons (Fsp3) is 0.400. The van der Waals surface area contributed by atoms with E-state index >= 15 is 0 Å². The van der Waals surface area contributed by atoms with E-state index < -0.39 is 0 Å². The van der Waals surface area contributed by atoms with Crippen LogP contribution in [0.4, 0.5) is 0 Å². The summed E-state index contributed by atoms with van der Waals surface area (Å²) in [6, 6.07) is 3.83. The minimum atomic E-state index is 0.219. The van der Waals surface area contributed by atoms with Crippen LogP contribution in [0, 0.1) is 0 Å². The van der Waals surface area contributed by atoms with E-state index in [0.717, 1.165) is 9.50 Å². The molecule has 0 saturated heterocycles. The lowest BCUT2D eigenvalue weighted by molar-refractivity contribution is -0.116. The summed E-state index contributed by atoms with van der Waals surface area (Å²) >= 11 is 5.04. The molecule has 1 rings (SSSR count). The average Bonchev–Trinajstić information content (AvgIpc) is 2.07. The number of ketones is 1. The molecule has 0 aliphatic heterocycles. The van der Waals surface area contributed by atoms with Crippen LogP contribution in [-0.2, 0) is 4.79 Å². The first kappa shape index (κ1) is 11.7. The number of hydrogen-bond donors (Lipinski definition) is 0. The summed E-state index contributed by atoms with van der Waals surface area (Å²) in [6.07, 6.45) is 2.35. The van der Waals surface area contributed by atoms with Crippen LogP contribution in [0.1, 0.15) is 20.3 Å². The molecule has 0 saturated carbocycles. The second-order valence-electron chi connectivity index (χ2n) is 3.12. The van der Waals surface area contributed by atoms with Crippen molar-refractivity contribution in [3.05, 3.63) is 22.8 Å². The molecule has 1 unspecified atom stereocenters. The summed E-state index contributed by atoms with van der Waals surface area (Å²) < 4.78 is 0.986. The van der Waals surface area contributed by atoms with Gasteiger partial charge in [-0.25, -0.2) is 4.98 Å². The second-order valence-corrected chi connectivity index (χ2v) is 5.41.